The Morgan fingerprint density at radius 2 is 1.68 bits per heavy atom. The van der Waals surface area contributed by atoms with Gasteiger partial charge in [0.05, 0.1) is 19.4 Å². The van der Waals surface area contributed by atoms with Crippen LogP contribution in [0.1, 0.15) is 57.4 Å². The minimum atomic E-state index is -0.296. The number of amides is 1. The van der Waals surface area contributed by atoms with Gasteiger partial charge >= 0.3 is 5.97 Å². The van der Waals surface area contributed by atoms with Crippen molar-refractivity contribution < 1.29 is 14.3 Å². The first-order valence-corrected chi connectivity index (χ1v) is 9.53. The van der Waals surface area contributed by atoms with Crippen LogP contribution < -0.4 is 0 Å². The third-order valence-electron chi connectivity index (χ3n) is 5.11. The van der Waals surface area contributed by atoms with Crippen molar-refractivity contribution in [1.82, 2.24) is 4.90 Å². The Morgan fingerprint density at radius 3 is 2.28 bits per heavy atom. The molecule has 138 valence electrons. The zero-order chi connectivity index (χ0) is 18.1. The summed E-state index contributed by atoms with van der Waals surface area (Å²) in [6.45, 7) is 2.29. The SMILES string of the molecule is COC(=O)C(C)CN(C(=O)Cc1ccccc1)C1CCCCCCC1. The Labute approximate surface area is 151 Å². The zero-order valence-corrected chi connectivity index (χ0v) is 15.6. The number of hydrogen-bond acceptors (Lipinski definition) is 3. The summed E-state index contributed by atoms with van der Waals surface area (Å²) in [4.78, 5) is 26.9. The first kappa shape index (κ1) is 19.5. The zero-order valence-electron chi connectivity index (χ0n) is 15.6. The second kappa shape index (κ2) is 10.2. The van der Waals surface area contributed by atoms with Gasteiger partial charge in [-0.05, 0) is 18.4 Å². The number of carbonyl (C=O) groups excluding carboxylic acids is 2. The van der Waals surface area contributed by atoms with Crippen LogP contribution in [0.25, 0.3) is 0 Å². The van der Waals surface area contributed by atoms with E-state index in [1.54, 1.807) is 0 Å². The Hall–Kier alpha value is -1.84. The molecular weight excluding hydrogens is 314 g/mol. The number of benzene rings is 1. The fraction of sp³-hybridized carbons (Fsp3) is 0.619. The van der Waals surface area contributed by atoms with Gasteiger partial charge in [-0.1, -0.05) is 69.4 Å². The van der Waals surface area contributed by atoms with E-state index in [2.05, 4.69) is 0 Å². The quantitative estimate of drug-likeness (QED) is 0.733. The lowest BCUT2D eigenvalue weighted by molar-refractivity contribution is -0.147. The van der Waals surface area contributed by atoms with Crippen molar-refractivity contribution in [2.75, 3.05) is 13.7 Å². The summed E-state index contributed by atoms with van der Waals surface area (Å²) >= 11 is 0. The monoisotopic (exact) mass is 345 g/mol. The Kier molecular flexibility index (Phi) is 7.96. The first-order valence-electron chi connectivity index (χ1n) is 9.53. The fourth-order valence-corrected chi connectivity index (χ4v) is 3.64. The fourth-order valence-electron chi connectivity index (χ4n) is 3.64. The average molecular weight is 345 g/mol. The van der Waals surface area contributed by atoms with Crippen LogP contribution in [0.3, 0.4) is 0 Å². The first-order chi connectivity index (χ1) is 12.1. The Bertz CT molecular complexity index is 535. The van der Waals surface area contributed by atoms with E-state index in [0.717, 1.165) is 31.2 Å². The molecule has 1 unspecified atom stereocenters. The van der Waals surface area contributed by atoms with Crippen LogP contribution in [0, 0.1) is 5.92 Å². The molecule has 1 aliphatic rings. The number of rotatable bonds is 6. The predicted octanol–water partition coefficient (Wildman–Crippen LogP) is 3.98. The van der Waals surface area contributed by atoms with Crippen LogP contribution >= 0.6 is 0 Å². The molecule has 0 bridgehead atoms. The molecule has 2 rings (SSSR count). The van der Waals surface area contributed by atoms with E-state index >= 15 is 0 Å². The summed E-state index contributed by atoms with van der Waals surface area (Å²) in [7, 11) is 1.41. The van der Waals surface area contributed by atoms with Gasteiger partial charge in [-0.2, -0.15) is 0 Å². The van der Waals surface area contributed by atoms with Crippen molar-refractivity contribution in [3.63, 3.8) is 0 Å². The predicted molar refractivity (Wildman–Crippen MR) is 99.1 cm³/mol. The molecule has 1 saturated carbocycles. The molecule has 0 aromatic heterocycles. The van der Waals surface area contributed by atoms with Gasteiger partial charge in [0.2, 0.25) is 5.91 Å². The molecule has 1 aliphatic carbocycles. The molecule has 25 heavy (non-hydrogen) atoms. The lowest BCUT2D eigenvalue weighted by atomic mass is 9.94. The minimum absolute atomic E-state index is 0.118. The van der Waals surface area contributed by atoms with E-state index in [1.165, 1.54) is 26.4 Å². The van der Waals surface area contributed by atoms with Gasteiger partial charge in [0.25, 0.3) is 0 Å². The number of nitrogens with zero attached hydrogens (tertiary/aromatic N) is 1. The highest BCUT2D eigenvalue weighted by molar-refractivity contribution is 5.80. The number of ether oxygens (including phenoxy) is 1. The van der Waals surface area contributed by atoms with Gasteiger partial charge in [0.15, 0.2) is 0 Å². The van der Waals surface area contributed by atoms with Crippen molar-refractivity contribution in [2.24, 2.45) is 5.92 Å². The summed E-state index contributed by atoms with van der Waals surface area (Å²) in [6, 6.07) is 10.1. The standard InChI is InChI=1S/C21H31NO3/c1-17(21(24)25-2)16-22(19-13-9-4-3-5-10-14-19)20(23)15-18-11-7-6-8-12-18/h6-8,11-12,17,19H,3-5,9-10,13-16H2,1-2H3. The van der Waals surface area contributed by atoms with Gasteiger partial charge in [0, 0.05) is 12.6 Å². The molecule has 1 amide bonds. The van der Waals surface area contributed by atoms with Gasteiger partial charge in [0.1, 0.15) is 0 Å². The number of hydrogen-bond donors (Lipinski definition) is 0. The second-order valence-corrected chi connectivity index (χ2v) is 7.13. The lowest BCUT2D eigenvalue weighted by Crippen LogP contribution is -2.45. The molecule has 1 aromatic carbocycles. The summed E-state index contributed by atoms with van der Waals surface area (Å²) in [5.41, 5.74) is 1.02. The maximum absolute atomic E-state index is 13.0. The second-order valence-electron chi connectivity index (χ2n) is 7.13. The molecule has 1 atom stereocenters. The third-order valence-corrected chi connectivity index (χ3v) is 5.11. The highest BCUT2D eigenvalue weighted by atomic mass is 16.5. The number of carbonyl (C=O) groups is 2. The van der Waals surface area contributed by atoms with E-state index in [4.69, 9.17) is 4.74 Å². The lowest BCUT2D eigenvalue weighted by Gasteiger charge is -2.34. The summed E-state index contributed by atoms with van der Waals surface area (Å²) in [6.07, 6.45) is 8.56. The van der Waals surface area contributed by atoms with Crippen molar-refractivity contribution >= 4 is 11.9 Å². The molecule has 0 N–H and O–H groups in total. The van der Waals surface area contributed by atoms with E-state index in [9.17, 15) is 9.59 Å². The summed E-state index contributed by atoms with van der Waals surface area (Å²) in [5.74, 6) is -0.425. The highest BCUT2D eigenvalue weighted by Crippen LogP contribution is 2.23. The van der Waals surface area contributed by atoms with Crippen molar-refractivity contribution in [1.29, 1.82) is 0 Å². The van der Waals surface area contributed by atoms with Crippen molar-refractivity contribution in [3.8, 4) is 0 Å². The molecule has 4 nitrogen and oxygen atoms in total. The van der Waals surface area contributed by atoms with E-state index in [1.807, 2.05) is 42.2 Å². The van der Waals surface area contributed by atoms with Crippen LogP contribution in [-0.4, -0.2) is 36.5 Å². The smallest absolute Gasteiger partial charge is 0.310 e. The maximum atomic E-state index is 13.0. The average Bonchev–Trinajstić information content (AvgIpc) is 2.60. The van der Waals surface area contributed by atoms with Gasteiger partial charge in [-0.3, -0.25) is 9.59 Å². The summed E-state index contributed by atoms with van der Waals surface area (Å²) in [5, 5.41) is 0. The molecule has 0 radical (unpaired) electrons. The molecule has 4 heteroatoms. The van der Waals surface area contributed by atoms with Crippen LogP contribution in [-0.2, 0) is 20.7 Å². The molecule has 1 aromatic rings. The number of esters is 1. The topological polar surface area (TPSA) is 46.6 Å². The largest absolute Gasteiger partial charge is 0.469 e. The molecule has 0 saturated heterocycles. The van der Waals surface area contributed by atoms with Crippen LogP contribution in [0.2, 0.25) is 0 Å². The molecule has 1 fully saturated rings. The molecule has 0 aliphatic heterocycles. The van der Waals surface area contributed by atoms with Gasteiger partial charge < -0.3 is 9.64 Å². The van der Waals surface area contributed by atoms with E-state index in [-0.39, 0.29) is 23.8 Å². The van der Waals surface area contributed by atoms with Gasteiger partial charge in [-0.25, -0.2) is 0 Å². The summed E-state index contributed by atoms with van der Waals surface area (Å²) < 4.78 is 4.87. The van der Waals surface area contributed by atoms with E-state index < -0.39 is 0 Å². The van der Waals surface area contributed by atoms with Gasteiger partial charge in [-0.15, -0.1) is 0 Å². The maximum Gasteiger partial charge on any atom is 0.310 e. The molecule has 0 heterocycles. The normalized spacial score (nSPS) is 17.2. The minimum Gasteiger partial charge on any atom is -0.469 e. The number of methoxy groups -OCH3 is 1. The third kappa shape index (κ3) is 6.18. The van der Waals surface area contributed by atoms with E-state index in [0.29, 0.717) is 13.0 Å². The molecular formula is C21H31NO3. The van der Waals surface area contributed by atoms with Crippen LogP contribution in [0.4, 0.5) is 0 Å². The van der Waals surface area contributed by atoms with Crippen molar-refractivity contribution in [2.45, 2.75) is 64.3 Å². The Morgan fingerprint density at radius 1 is 1.08 bits per heavy atom. The van der Waals surface area contributed by atoms with Crippen LogP contribution in [0.5, 0.6) is 0 Å². The van der Waals surface area contributed by atoms with Crippen molar-refractivity contribution in [3.05, 3.63) is 35.9 Å². The molecule has 0 spiro atoms. The Balaban J connectivity index is 2.11. The highest BCUT2D eigenvalue weighted by Gasteiger charge is 2.28. The van der Waals surface area contributed by atoms with Crippen LogP contribution in [0.15, 0.2) is 30.3 Å².